The van der Waals surface area contributed by atoms with Crippen LogP contribution in [-0.2, 0) is 0 Å². The van der Waals surface area contributed by atoms with Gasteiger partial charge in [0.25, 0.3) is 0 Å². The third kappa shape index (κ3) is 4.09. The minimum absolute atomic E-state index is 0.0668. The molecule has 152 valence electrons. The topological polar surface area (TPSA) is 89.3 Å². The number of aromatic nitrogens is 1. The smallest absolute Gasteiger partial charge is 0.186 e. The number of ether oxygens (including phenoxy) is 2. The minimum atomic E-state index is -1.02. The highest BCUT2D eigenvalue weighted by Gasteiger charge is 2.26. The average Bonchev–Trinajstić information content (AvgIpc) is 3.23. The number of carbonyl (C=O) groups excluding carboxylic acids is 2. The summed E-state index contributed by atoms with van der Waals surface area (Å²) < 4.78 is 10.6. The summed E-state index contributed by atoms with van der Waals surface area (Å²) in [6, 6.07) is 12.3. The standard InChI is InChI=1S/C23H20N2O4S/c1-13-9-16(5-7-17(13)14(2)26)22(27)18(11-24)23-25-19(12-30-23)15-6-8-20(28-3)21(10-15)29-4/h5-10,12,18H,1-4H3. The highest BCUT2D eigenvalue weighted by Crippen LogP contribution is 2.34. The van der Waals surface area contributed by atoms with E-state index in [2.05, 4.69) is 11.1 Å². The number of rotatable bonds is 7. The molecule has 0 spiro atoms. The Labute approximate surface area is 178 Å². The molecule has 3 rings (SSSR count). The summed E-state index contributed by atoms with van der Waals surface area (Å²) in [7, 11) is 3.12. The second-order valence-electron chi connectivity index (χ2n) is 6.65. The summed E-state index contributed by atoms with van der Waals surface area (Å²) >= 11 is 1.26. The molecule has 0 amide bonds. The molecule has 0 bridgehead atoms. The summed E-state index contributed by atoms with van der Waals surface area (Å²) in [6.45, 7) is 3.25. The van der Waals surface area contributed by atoms with E-state index in [0.717, 1.165) is 5.56 Å². The zero-order valence-corrected chi connectivity index (χ0v) is 17.9. The van der Waals surface area contributed by atoms with Crippen LogP contribution >= 0.6 is 11.3 Å². The van der Waals surface area contributed by atoms with E-state index in [1.54, 1.807) is 56.9 Å². The van der Waals surface area contributed by atoms with Gasteiger partial charge in [-0.3, -0.25) is 9.59 Å². The molecule has 0 N–H and O–H groups in total. The Bertz CT molecular complexity index is 1160. The van der Waals surface area contributed by atoms with Crippen LogP contribution in [0.3, 0.4) is 0 Å². The highest BCUT2D eigenvalue weighted by molar-refractivity contribution is 7.10. The molecule has 7 heteroatoms. The molecule has 6 nitrogen and oxygen atoms in total. The summed E-state index contributed by atoms with van der Waals surface area (Å²) in [5.41, 5.74) is 3.08. The van der Waals surface area contributed by atoms with Gasteiger partial charge in [0.05, 0.1) is 26.0 Å². The second kappa shape index (κ2) is 8.89. The average molecular weight is 420 g/mol. The molecule has 30 heavy (non-hydrogen) atoms. The Morgan fingerprint density at radius 1 is 1.10 bits per heavy atom. The van der Waals surface area contributed by atoms with Crippen molar-refractivity contribution < 1.29 is 19.1 Å². The van der Waals surface area contributed by atoms with Crippen molar-refractivity contribution in [2.24, 2.45) is 0 Å². The quantitative estimate of drug-likeness (QED) is 0.509. The van der Waals surface area contributed by atoms with E-state index in [1.807, 2.05) is 6.07 Å². The molecule has 1 aromatic heterocycles. The molecule has 0 radical (unpaired) electrons. The van der Waals surface area contributed by atoms with E-state index < -0.39 is 5.92 Å². The van der Waals surface area contributed by atoms with Crippen LogP contribution in [0.25, 0.3) is 11.3 Å². The number of carbonyl (C=O) groups is 2. The monoisotopic (exact) mass is 420 g/mol. The molecule has 0 aliphatic carbocycles. The lowest BCUT2D eigenvalue weighted by Gasteiger charge is -2.09. The largest absolute Gasteiger partial charge is 0.493 e. The number of hydrogen-bond acceptors (Lipinski definition) is 7. The lowest BCUT2D eigenvalue weighted by molar-refractivity contribution is 0.0975. The van der Waals surface area contributed by atoms with E-state index in [-0.39, 0.29) is 11.6 Å². The van der Waals surface area contributed by atoms with Crippen molar-refractivity contribution in [3.63, 3.8) is 0 Å². The van der Waals surface area contributed by atoms with Gasteiger partial charge in [0.1, 0.15) is 5.01 Å². The molecule has 0 fully saturated rings. The van der Waals surface area contributed by atoms with Crippen LogP contribution in [0, 0.1) is 18.3 Å². The summed E-state index contributed by atoms with van der Waals surface area (Å²) in [6.07, 6.45) is 0. The van der Waals surface area contributed by atoms with Crippen molar-refractivity contribution in [2.75, 3.05) is 14.2 Å². The lowest BCUT2D eigenvalue weighted by atomic mass is 9.95. The first-order valence-electron chi connectivity index (χ1n) is 9.12. The van der Waals surface area contributed by atoms with Gasteiger partial charge in [-0.1, -0.05) is 12.1 Å². The van der Waals surface area contributed by atoms with Gasteiger partial charge in [0, 0.05) is 22.1 Å². The van der Waals surface area contributed by atoms with E-state index in [0.29, 0.717) is 38.9 Å². The fourth-order valence-corrected chi connectivity index (χ4v) is 4.02. The molecule has 0 aliphatic rings. The van der Waals surface area contributed by atoms with Gasteiger partial charge < -0.3 is 9.47 Å². The van der Waals surface area contributed by atoms with Gasteiger partial charge in [0.15, 0.2) is 29.0 Å². The first kappa shape index (κ1) is 21.2. The van der Waals surface area contributed by atoms with Gasteiger partial charge >= 0.3 is 0 Å². The number of aryl methyl sites for hydroxylation is 1. The van der Waals surface area contributed by atoms with Gasteiger partial charge in [-0.2, -0.15) is 5.26 Å². The number of hydrogen-bond donors (Lipinski definition) is 0. The first-order chi connectivity index (χ1) is 14.4. The van der Waals surface area contributed by atoms with Gasteiger partial charge in [-0.05, 0) is 43.7 Å². The van der Waals surface area contributed by atoms with Crippen LogP contribution in [0.1, 0.15) is 44.1 Å². The Morgan fingerprint density at radius 2 is 1.83 bits per heavy atom. The van der Waals surface area contributed by atoms with Crippen LogP contribution in [0.4, 0.5) is 0 Å². The van der Waals surface area contributed by atoms with Crippen LogP contribution in [-0.4, -0.2) is 30.8 Å². The maximum absolute atomic E-state index is 13.0. The van der Waals surface area contributed by atoms with E-state index in [1.165, 1.54) is 18.3 Å². The van der Waals surface area contributed by atoms with Crippen LogP contribution in [0.5, 0.6) is 11.5 Å². The van der Waals surface area contributed by atoms with Crippen molar-refractivity contribution in [1.82, 2.24) is 4.98 Å². The molecule has 0 saturated heterocycles. The zero-order chi connectivity index (χ0) is 21.8. The number of thiazole rings is 1. The molecular weight excluding hydrogens is 400 g/mol. The van der Waals surface area contributed by atoms with Crippen molar-refractivity contribution in [1.29, 1.82) is 5.26 Å². The maximum atomic E-state index is 13.0. The summed E-state index contributed by atoms with van der Waals surface area (Å²) in [4.78, 5) is 29.1. The second-order valence-corrected chi connectivity index (χ2v) is 7.54. The SMILES string of the molecule is COc1ccc(-c2csc(C(C#N)C(=O)c3ccc(C(C)=O)c(C)c3)n2)cc1OC. The maximum Gasteiger partial charge on any atom is 0.186 e. The van der Waals surface area contributed by atoms with Gasteiger partial charge in [-0.25, -0.2) is 4.98 Å². The summed E-state index contributed by atoms with van der Waals surface area (Å²) in [5, 5.41) is 11.9. The fraction of sp³-hybridized carbons (Fsp3) is 0.217. The summed E-state index contributed by atoms with van der Waals surface area (Å²) in [5.74, 6) is -0.261. The van der Waals surface area contributed by atoms with Crippen molar-refractivity contribution in [2.45, 2.75) is 19.8 Å². The predicted octanol–water partition coefficient (Wildman–Crippen LogP) is 4.83. The third-order valence-electron chi connectivity index (χ3n) is 4.73. The first-order valence-corrected chi connectivity index (χ1v) is 10.0. The molecule has 1 heterocycles. The fourth-order valence-electron chi connectivity index (χ4n) is 3.15. The molecule has 0 saturated carbocycles. The van der Waals surface area contributed by atoms with Crippen molar-refractivity contribution in [3.05, 3.63) is 63.5 Å². The number of Topliss-reactive ketones (excluding diaryl/α,β-unsaturated/α-hetero) is 2. The Hall–Kier alpha value is -3.50. The number of benzene rings is 2. The number of ketones is 2. The Kier molecular flexibility index (Phi) is 6.28. The van der Waals surface area contributed by atoms with Crippen LogP contribution in [0.15, 0.2) is 41.8 Å². The number of nitriles is 1. The van der Waals surface area contributed by atoms with Crippen LogP contribution < -0.4 is 9.47 Å². The Morgan fingerprint density at radius 3 is 2.43 bits per heavy atom. The minimum Gasteiger partial charge on any atom is -0.493 e. The normalized spacial score (nSPS) is 11.4. The predicted molar refractivity (Wildman–Crippen MR) is 115 cm³/mol. The van der Waals surface area contributed by atoms with Gasteiger partial charge in [0.2, 0.25) is 0 Å². The molecule has 1 atom stereocenters. The number of methoxy groups -OCH3 is 2. The Balaban J connectivity index is 1.91. The molecule has 0 aliphatic heterocycles. The third-order valence-corrected chi connectivity index (χ3v) is 5.64. The van der Waals surface area contributed by atoms with Gasteiger partial charge in [-0.15, -0.1) is 11.3 Å². The van der Waals surface area contributed by atoms with E-state index in [4.69, 9.17) is 9.47 Å². The van der Waals surface area contributed by atoms with E-state index in [9.17, 15) is 14.9 Å². The van der Waals surface area contributed by atoms with Crippen molar-refractivity contribution in [3.8, 4) is 28.8 Å². The highest BCUT2D eigenvalue weighted by atomic mass is 32.1. The zero-order valence-electron chi connectivity index (χ0n) is 17.1. The van der Waals surface area contributed by atoms with E-state index >= 15 is 0 Å². The lowest BCUT2D eigenvalue weighted by Crippen LogP contribution is -2.12. The molecular formula is C23H20N2O4S. The molecule has 1 unspecified atom stereocenters. The van der Waals surface area contributed by atoms with Crippen LogP contribution in [0.2, 0.25) is 0 Å². The number of nitrogens with zero attached hydrogens (tertiary/aromatic N) is 2. The van der Waals surface area contributed by atoms with Crippen molar-refractivity contribution >= 4 is 22.9 Å². The molecule has 2 aromatic carbocycles. The molecule has 3 aromatic rings.